The molecule has 0 amide bonds. The average molecular weight is 498 g/mol. The third-order valence-electron chi connectivity index (χ3n) is 5.15. The van der Waals surface area contributed by atoms with E-state index in [1.807, 2.05) is 0 Å². The molecule has 0 saturated heterocycles. The highest BCUT2D eigenvalue weighted by Gasteiger charge is 2.13. The van der Waals surface area contributed by atoms with E-state index in [2.05, 4.69) is 0 Å². The van der Waals surface area contributed by atoms with Crippen LogP contribution in [-0.4, -0.2) is 44.3 Å². The summed E-state index contributed by atoms with van der Waals surface area (Å²) in [5, 5.41) is 0. The van der Waals surface area contributed by atoms with E-state index >= 15 is 0 Å². The lowest BCUT2D eigenvalue weighted by Gasteiger charge is -2.10. The number of Topliss-reactive ketones (excluding diaryl/α,β-unsaturated/α-hetero) is 1. The van der Waals surface area contributed by atoms with Crippen LogP contribution in [0.1, 0.15) is 35.3 Å². The molecule has 2 aromatic carbocycles. The second kappa shape index (κ2) is 11.5. The first-order valence-corrected chi connectivity index (χ1v) is 11.6. The van der Waals surface area contributed by atoms with E-state index in [-0.39, 0.29) is 24.5 Å². The molecule has 0 saturated carbocycles. The lowest BCUT2D eigenvalue weighted by Crippen LogP contribution is -2.32. The summed E-state index contributed by atoms with van der Waals surface area (Å²) in [5.74, 6) is 1.03. The van der Waals surface area contributed by atoms with Gasteiger partial charge in [-0.15, -0.1) is 11.3 Å². The van der Waals surface area contributed by atoms with Gasteiger partial charge < -0.3 is 18.9 Å². The minimum absolute atomic E-state index is 0.0974. The van der Waals surface area contributed by atoms with Crippen molar-refractivity contribution in [3.8, 4) is 17.2 Å². The Bertz CT molecular complexity index is 1400. The summed E-state index contributed by atoms with van der Waals surface area (Å²) in [5.41, 5.74) is 1.52. The molecule has 0 atom stereocenters. The molecule has 9 heteroatoms. The highest BCUT2D eigenvalue weighted by atomic mass is 32.1. The Morgan fingerprint density at radius 2 is 1.69 bits per heavy atom. The molecule has 3 rings (SSSR count). The van der Waals surface area contributed by atoms with E-state index in [1.54, 1.807) is 63.6 Å². The SMILES string of the molecule is CCOC(=O)C=c1sc(=Cc2cc(OC)cc(OC)c2)c(=O)n1Cc1cc(C(C)=O)ccc1OC. The zero-order chi connectivity index (χ0) is 25.5. The maximum absolute atomic E-state index is 13.5. The molecule has 0 aliphatic rings. The monoisotopic (exact) mass is 497 g/mol. The number of aromatic nitrogens is 1. The van der Waals surface area contributed by atoms with E-state index in [4.69, 9.17) is 18.9 Å². The number of methoxy groups -OCH3 is 3. The minimum Gasteiger partial charge on any atom is -0.497 e. The van der Waals surface area contributed by atoms with Crippen LogP contribution in [0.2, 0.25) is 0 Å². The third-order valence-corrected chi connectivity index (χ3v) is 6.21. The van der Waals surface area contributed by atoms with E-state index in [1.165, 1.54) is 24.7 Å². The summed E-state index contributed by atoms with van der Waals surface area (Å²) >= 11 is 1.15. The Hall–Kier alpha value is -3.85. The van der Waals surface area contributed by atoms with E-state index in [9.17, 15) is 14.4 Å². The minimum atomic E-state index is -0.554. The number of ketones is 1. The number of thiazole rings is 1. The second-order valence-corrected chi connectivity index (χ2v) is 8.53. The van der Waals surface area contributed by atoms with Gasteiger partial charge in [0.2, 0.25) is 0 Å². The number of hydrogen-bond acceptors (Lipinski definition) is 8. The van der Waals surface area contributed by atoms with Gasteiger partial charge in [-0.3, -0.25) is 14.2 Å². The maximum atomic E-state index is 13.5. The molecule has 35 heavy (non-hydrogen) atoms. The molecule has 0 spiro atoms. The number of hydrogen-bond donors (Lipinski definition) is 0. The highest BCUT2D eigenvalue weighted by molar-refractivity contribution is 7.07. The molecule has 1 heterocycles. The first-order chi connectivity index (χ1) is 16.8. The topological polar surface area (TPSA) is 93.1 Å². The number of ether oxygens (including phenoxy) is 4. The van der Waals surface area contributed by atoms with Crippen molar-refractivity contribution < 1.29 is 28.5 Å². The average Bonchev–Trinajstić information content (AvgIpc) is 3.12. The van der Waals surface area contributed by atoms with Gasteiger partial charge in [0, 0.05) is 17.2 Å². The standard InChI is InChI=1S/C26H27NO7S/c1-6-34-25(29)14-24-27(15-19-12-18(16(2)28)7-8-22(19)33-5)26(30)23(35-24)11-17-9-20(31-3)13-21(10-17)32-4/h7-14H,6,15H2,1-5H3. The maximum Gasteiger partial charge on any atom is 0.333 e. The molecular weight excluding hydrogens is 470 g/mol. The summed E-state index contributed by atoms with van der Waals surface area (Å²) < 4.78 is 23.4. The molecule has 0 N–H and O–H groups in total. The van der Waals surface area contributed by atoms with Crippen LogP contribution in [0.25, 0.3) is 12.2 Å². The van der Waals surface area contributed by atoms with Crippen LogP contribution in [0.15, 0.2) is 41.2 Å². The van der Waals surface area contributed by atoms with Crippen molar-refractivity contribution in [1.82, 2.24) is 4.57 Å². The van der Waals surface area contributed by atoms with Crippen LogP contribution < -0.4 is 29.0 Å². The number of nitrogens with zero attached hydrogens (tertiary/aromatic N) is 1. The Morgan fingerprint density at radius 1 is 1.00 bits per heavy atom. The fraction of sp³-hybridized carbons (Fsp3) is 0.269. The quantitative estimate of drug-likeness (QED) is 0.331. The zero-order valence-electron chi connectivity index (χ0n) is 20.2. The predicted molar refractivity (Wildman–Crippen MR) is 134 cm³/mol. The number of esters is 1. The molecule has 0 aliphatic heterocycles. The molecule has 1 aromatic heterocycles. The van der Waals surface area contributed by atoms with Crippen LogP contribution in [0.3, 0.4) is 0 Å². The molecule has 0 bridgehead atoms. The first-order valence-electron chi connectivity index (χ1n) is 10.8. The predicted octanol–water partition coefficient (Wildman–Crippen LogP) is 2.36. The normalized spacial score (nSPS) is 11.9. The largest absolute Gasteiger partial charge is 0.497 e. The van der Waals surface area contributed by atoms with Crippen molar-refractivity contribution in [3.05, 3.63) is 72.6 Å². The van der Waals surface area contributed by atoms with Crippen molar-refractivity contribution >= 4 is 35.2 Å². The number of carbonyl (C=O) groups excluding carboxylic acids is 2. The van der Waals surface area contributed by atoms with E-state index in [0.29, 0.717) is 43.1 Å². The summed E-state index contributed by atoms with van der Waals surface area (Å²) in [7, 11) is 4.61. The van der Waals surface area contributed by atoms with E-state index < -0.39 is 5.97 Å². The summed E-state index contributed by atoms with van der Waals surface area (Å²) in [4.78, 5) is 37.6. The summed E-state index contributed by atoms with van der Waals surface area (Å²) in [6.07, 6.45) is 3.00. The Balaban J connectivity index is 2.22. The van der Waals surface area contributed by atoms with Gasteiger partial charge in [-0.2, -0.15) is 0 Å². The Labute approximate surface area is 206 Å². The van der Waals surface area contributed by atoms with Crippen molar-refractivity contribution in [3.63, 3.8) is 0 Å². The van der Waals surface area contributed by atoms with Crippen LogP contribution in [-0.2, 0) is 16.1 Å². The van der Waals surface area contributed by atoms with Gasteiger partial charge in [-0.25, -0.2) is 4.79 Å². The molecule has 8 nitrogen and oxygen atoms in total. The fourth-order valence-corrected chi connectivity index (χ4v) is 4.46. The molecular formula is C26H27NO7S. The van der Waals surface area contributed by atoms with Crippen LogP contribution in [0.4, 0.5) is 0 Å². The first kappa shape index (κ1) is 25.8. The van der Waals surface area contributed by atoms with Gasteiger partial charge in [-0.05, 0) is 55.8 Å². The molecule has 0 aliphatic carbocycles. The number of rotatable bonds is 9. The Kier molecular flexibility index (Phi) is 8.48. The lowest BCUT2D eigenvalue weighted by molar-refractivity contribution is -0.135. The zero-order valence-corrected chi connectivity index (χ0v) is 21.1. The van der Waals surface area contributed by atoms with Crippen LogP contribution >= 0.6 is 11.3 Å². The highest BCUT2D eigenvalue weighted by Crippen LogP contribution is 2.23. The lowest BCUT2D eigenvalue weighted by atomic mass is 10.1. The van der Waals surface area contributed by atoms with Gasteiger partial charge >= 0.3 is 5.97 Å². The van der Waals surface area contributed by atoms with Gasteiger partial charge in [0.05, 0.1) is 45.1 Å². The van der Waals surface area contributed by atoms with Crippen LogP contribution in [0.5, 0.6) is 17.2 Å². The van der Waals surface area contributed by atoms with Crippen molar-refractivity contribution in [2.75, 3.05) is 27.9 Å². The molecule has 0 fully saturated rings. The van der Waals surface area contributed by atoms with Crippen LogP contribution in [0, 0.1) is 0 Å². The van der Waals surface area contributed by atoms with Crippen molar-refractivity contribution in [1.29, 1.82) is 0 Å². The molecule has 184 valence electrons. The molecule has 0 radical (unpaired) electrons. The second-order valence-electron chi connectivity index (χ2n) is 7.47. The van der Waals surface area contributed by atoms with Gasteiger partial charge in [0.25, 0.3) is 5.56 Å². The van der Waals surface area contributed by atoms with Crippen molar-refractivity contribution in [2.45, 2.75) is 20.4 Å². The third kappa shape index (κ3) is 6.19. The molecule has 0 unspecified atom stereocenters. The van der Waals surface area contributed by atoms with Gasteiger partial charge in [-0.1, -0.05) is 0 Å². The number of benzene rings is 2. The van der Waals surface area contributed by atoms with Crippen molar-refractivity contribution in [2.24, 2.45) is 0 Å². The fourth-order valence-electron chi connectivity index (χ4n) is 3.43. The summed E-state index contributed by atoms with van der Waals surface area (Å²) in [6.45, 7) is 3.49. The number of carbonyl (C=O) groups is 2. The summed E-state index contributed by atoms with van der Waals surface area (Å²) in [6, 6.07) is 10.3. The smallest absolute Gasteiger partial charge is 0.333 e. The van der Waals surface area contributed by atoms with Gasteiger partial charge in [0.1, 0.15) is 21.9 Å². The molecule has 3 aromatic rings. The van der Waals surface area contributed by atoms with Gasteiger partial charge in [0.15, 0.2) is 5.78 Å². The Morgan fingerprint density at radius 3 is 2.26 bits per heavy atom. The van der Waals surface area contributed by atoms with E-state index in [0.717, 1.165) is 11.3 Å².